The molecule has 1 fully saturated rings. The Balaban J connectivity index is 2.09. The average molecular weight is 290 g/mol. The van der Waals surface area contributed by atoms with E-state index in [0.29, 0.717) is 23.4 Å². The molecule has 0 amide bonds. The maximum atomic E-state index is 11.7. The molecule has 0 saturated heterocycles. The fourth-order valence-corrected chi connectivity index (χ4v) is 2.65. The normalized spacial score (nSPS) is 15.7. The van der Waals surface area contributed by atoms with Crippen LogP contribution in [0.15, 0.2) is 6.20 Å². The Hall–Kier alpha value is -1.65. The third kappa shape index (κ3) is 4.69. The highest BCUT2D eigenvalue weighted by atomic mass is 16.1. The molecule has 5 nitrogen and oxygen atoms in total. The van der Waals surface area contributed by atoms with Gasteiger partial charge in [0.2, 0.25) is 5.95 Å². The van der Waals surface area contributed by atoms with Crippen molar-refractivity contribution < 1.29 is 4.79 Å². The van der Waals surface area contributed by atoms with Crippen LogP contribution < -0.4 is 10.6 Å². The number of rotatable bonds is 7. The van der Waals surface area contributed by atoms with Gasteiger partial charge in [0.15, 0.2) is 5.78 Å². The second-order valence-corrected chi connectivity index (χ2v) is 5.77. The van der Waals surface area contributed by atoms with Crippen LogP contribution in [-0.2, 0) is 0 Å². The van der Waals surface area contributed by atoms with Gasteiger partial charge in [-0.05, 0) is 26.2 Å². The molecule has 0 spiro atoms. The van der Waals surface area contributed by atoms with Crippen molar-refractivity contribution in [2.75, 3.05) is 17.2 Å². The molecular formula is C16H26N4O. The molecule has 1 aliphatic rings. The van der Waals surface area contributed by atoms with Crippen LogP contribution in [0.2, 0.25) is 0 Å². The number of carbonyl (C=O) groups is 1. The Labute approximate surface area is 127 Å². The van der Waals surface area contributed by atoms with Gasteiger partial charge in [0.05, 0.1) is 5.56 Å². The minimum Gasteiger partial charge on any atom is -0.367 e. The van der Waals surface area contributed by atoms with E-state index in [1.54, 1.807) is 13.1 Å². The number of aromatic nitrogens is 2. The predicted octanol–water partition coefficient (Wildman–Crippen LogP) is 3.64. The zero-order valence-corrected chi connectivity index (χ0v) is 13.1. The molecule has 21 heavy (non-hydrogen) atoms. The molecule has 1 aromatic heterocycles. The molecule has 5 heteroatoms. The van der Waals surface area contributed by atoms with Gasteiger partial charge in [-0.25, -0.2) is 4.98 Å². The molecule has 1 aliphatic carbocycles. The Morgan fingerprint density at radius 3 is 2.76 bits per heavy atom. The third-order valence-electron chi connectivity index (χ3n) is 3.93. The molecule has 0 bridgehead atoms. The van der Waals surface area contributed by atoms with Crippen LogP contribution in [0.1, 0.15) is 69.2 Å². The number of anilines is 2. The Morgan fingerprint density at radius 1 is 1.33 bits per heavy atom. The highest BCUT2D eigenvalue weighted by molar-refractivity contribution is 5.98. The number of Topliss-reactive ketones (excluding diaryl/α,β-unsaturated/α-hetero) is 1. The first kappa shape index (κ1) is 15.7. The molecule has 0 unspecified atom stereocenters. The Kier molecular flexibility index (Phi) is 5.96. The third-order valence-corrected chi connectivity index (χ3v) is 3.93. The van der Waals surface area contributed by atoms with Crippen LogP contribution in [-0.4, -0.2) is 28.3 Å². The summed E-state index contributed by atoms with van der Waals surface area (Å²) in [4.78, 5) is 20.5. The van der Waals surface area contributed by atoms with Crippen molar-refractivity contribution in [3.8, 4) is 0 Å². The van der Waals surface area contributed by atoms with E-state index in [1.807, 2.05) is 0 Å². The highest BCUT2D eigenvalue weighted by Crippen LogP contribution is 2.23. The standard InChI is InChI=1S/C16H26N4O/c1-3-4-10-17-16-18-11-14(12(2)21)15(20-16)19-13-8-6-5-7-9-13/h11,13H,3-10H2,1-2H3,(H2,17,18,19,20). The number of nitrogens with zero attached hydrogens (tertiary/aromatic N) is 2. The van der Waals surface area contributed by atoms with E-state index in [4.69, 9.17) is 0 Å². The van der Waals surface area contributed by atoms with Crippen LogP contribution in [0.25, 0.3) is 0 Å². The van der Waals surface area contributed by atoms with Crippen molar-refractivity contribution in [2.45, 2.75) is 64.8 Å². The Morgan fingerprint density at radius 2 is 2.10 bits per heavy atom. The largest absolute Gasteiger partial charge is 0.367 e. The summed E-state index contributed by atoms with van der Waals surface area (Å²) in [7, 11) is 0. The van der Waals surface area contributed by atoms with Gasteiger partial charge in [0.1, 0.15) is 5.82 Å². The van der Waals surface area contributed by atoms with Crippen LogP contribution in [0.5, 0.6) is 0 Å². The van der Waals surface area contributed by atoms with E-state index in [0.717, 1.165) is 32.2 Å². The molecule has 0 aliphatic heterocycles. The second kappa shape index (κ2) is 7.96. The summed E-state index contributed by atoms with van der Waals surface area (Å²) >= 11 is 0. The quantitative estimate of drug-likeness (QED) is 0.593. The molecule has 0 atom stereocenters. The summed E-state index contributed by atoms with van der Waals surface area (Å²) < 4.78 is 0. The fourth-order valence-electron chi connectivity index (χ4n) is 2.65. The molecule has 2 N–H and O–H groups in total. The van der Waals surface area contributed by atoms with Crippen molar-refractivity contribution in [1.82, 2.24) is 9.97 Å². The van der Waals surface area contributed by atoms with Gasteiger partial charge in [-0.15, -0.1) is 0 Å². The summed E-state index contributed by atoms with van der Waals surface area (Å²) in [5.74, 6) is 1.29. The van der Waals surface area contributed by atoms with Crippen molar-refractivity contribution in [3.05, 3.63) is 11.8 Å². The van der Waals surface area contributed by atoms with E-state index in [9.17, 15) is 4.79 Å². The van der Waals surface area contributed by atoms with Gasteiger partial charge in [-0.3, -0.25) is 4.79 Å². The lowest BCUT2D eigenvalue weighted by Gasteiger charge is -2.24. The number of hydrogen-bond donors (Lipinski definition) is 2. The van der Waals surface area contributed by atoms with Gasteiger partial charge < -0.3 is 10.6 Å². The zero-order chi connectivity index (χ0) is 15.1. The summed E-state index contributed by atoms with van der Waals surface area (Å²) in [6, 6.07) is 0.426. The van der Waals surface area contributed by atoms with E-state index in [2.05, 4.69) is 27.5 Å². The monoisotopic (exact) mass is 290 g/mol. The molecule has 1 aromatic rings. The first-order valence-corrected chi connectivity index (χ1v) is 8.09. The molecule has 0 radical (unpaired) electrons. The van der Waals surface area contributed by atoms with Crippen molar-refractivity contribution in [2.24, 2.45) is 0 Å². The number of carbonyl (C=O) groups excluding carboxylic acids is 1. The average Bonchev–Trinajstić information content (AvgIpc) is 2.48. The first-order chi connectivity index (χ1) is 10.2. The summed E-state index contributed by atoms with van der Waals surface area (Å²) in [5.41, 5.74) is 0.585. The molecule has 116 valence electrons. The summed E-state index contributed by atoms with van der Waals surface area (Å²) in [6.45, 7) is 4.57. The fraction of sp³-hybridized carbons (Fsp3) is 0.688. The van der Waals surface area contributed by atoms with Crippen LogP contribution >= 0.6 is 0 Å². The van der Waals surface area contributed by atoms with E-state index < -0.39 is 0 Å². The molecular weight excluding hydrogens is 264 g/mol. The van der Waals surface area contributed by atoms with Gasteiger partial charge in [0.25, 0.3) is 0 Å². The van der Waals surface area contributed by atoms with Gasteiger partial charge in [-0.1, -0.05) is 32.6 Å². The summed E-state index contributed by atoms with van der Waals surface area (Å²) in [5, 5.41) is 6.67. The lowest BCUT2D eigenvalue weighted by atomic mass is 9.95. The molecule has 2 rings (SSSR count). The van der Waals surface area contributed by atoms with E-state index in [1.165, 1.54) is 19.3 Å². The first-order valence-electron chi connectivity index (χ1n) is 8.09. The summed E-state index contributed by atoms with van der Waals surface area (Å²) in [6.07, 6.45) is 9.97. The lowest BCUT2D eigenvalue weighted by Crippen LogP contribution is -2.24. The smallest absolute Gasteiger partial charge is 0.224 e. The van der Waals surface area contributed by atoms with E-state index >= 15 is 0 Å². The van der Waals surface area contributed by atoms with Crippen molar-refractivity contribution in [3.63, 3.8) is 0 Å². The van der Waals surface area contributed by atoms with E-state index in [-0.39, 0.29) is 5.78 Å². The molecule has 1 heterocycles. The maximum absolute atomic E-state index is 11.7. The minimum absolute atomic E-state index is 0.00779. The number of unbranched alkanes of at least 4 members (excludes halogenated alkanes) is 1. The van der Waals surface area contributed by atoms with Gasteiger partial charge >= 0.3 is 0 Å². The zero-order valence-electron chi connectivity index (χ0n) is 13.1. The van der Waals surface area contributed by atoms with Gasteiger partial charge in [0, 0.05) is 18.8 Å². The van der Waals surface area contributed by atoms with Crippen LogP contribution in [0.4, 0.5) is 11.8 Å². The minimum atomic E-state index is 0.00779. The number of nitrogens with one attached hydrogen (secondary N) is 2. The van der Waals surface area contributed by atoms with Gasteiger partial charge in [-0.2, -0.15) is 4.98 Å². The highest BCUT2D eigenvalue weighted by Gasteiger charge is 2.17. The number of hydrogen-bond acceptors (Lipinski definition) is 5. The van der Waals surface area contributed by atoms with Crippen LogP contribution in [0.3, 0.4) is 0 Å². The topological polar surface area (TPSA) is 66.9 Å². The maximum Gasteiger partial charge on any atom is 0.224 e. The predicted molar refractivity (Wildman–Crippen MR) is 85.9 cm³/mol. The SMILES string of the molecule is CCCCNc1ncc(C(C)=O)c(NC2CCCCC2)n1. The number of ketones is 1. The van der Waals surface area contributed by atoms with Crippen molar-refractivity contribution in [1.29, 1.82) is 0 Å². The van der Waals surface area contributed by atoms with Crippen LogP contribution in [0, 0.1) is 0 Å². The second-order valence-electron chi connectivity index (χ2n) is 5.77. The Bertz CT molecular complexity index is 469. The van der Waals surface area contributed by atoms with Crippen molar-refractivity contribution >= 4 is 17.5 Å². The lowest BCUT2D eigenvalue weighted by molar-refractivity contribution is 0.101. The molecule has 0 aromatic carbocycles. The molecule has 1 saturated carbocycles.